The lowest BCUT2D eigenvalue weighted by molar-refractivity contribution is 0.409. The van der Waals surface area contributed by atoms with Crippen molar-refractivity contribution < 1.29 is 14.0 Å². The first-order valence-corrected chi connectivity index (χ1v) is 11.7. The van der Waals surface area contributed by atoms with Crippen LogP contribution in [0.3, 0.4) is 0 Å². The highest BCUT2D eigenvalue weighted by atomic mass is 28.4. The Morgan fingerprint density at radius 2 is 1.68 bits per heavy atom. The van der Waals surface area contributed by atoms with E-state index in [2.05, 4.69) is 19.6 Å². The van der Waals surface area contributed by atoms with Crippen LogP contribution in [0.15, 0.2) is 12.1 Å². The van der Waals surface area contributed by atoms with Crippen LogP contribution in [-0.2, 0) is 10.5 Å². The molecule has 0 amide bonds. The molecule has 0 heterocycles. The van der Waals surface area contributed by atoms with Crippen molar-refractivity contribution in [1.29, 1.82) is 0 Å². The summed E-state index contributed by atoms with van der Waals surface area (Å²) in [6.45, 7) is 10.1. The van der Waals surface area contributed by atoms with E-state index in [1.165, 1.54) is 5.56 Å². The van der Waals surface area contributed by atoms with E-state index in [4.69, 9.17) is 4.12 Å². The quantitative estimate of drug-likeness (QED) is 0.792. The molecule has 0 aliphatic rings. The second-order valence-electron chi connectivity index (χ2n) is 6.04. The zero-order valence-corrected chi connectivity index (χ0v) is 14.6. The van der Waals surface area contributed by atoms with Gasteiger partial charge in [-0.15, -0.1) is 0 Å². The van der Waals surface area contributed by atoms with E-state index in [9.17, 15) is 9.90 Å². The lowest BCUT2D eigenvalue weighted by Crippen LogP contribution is -2.34. The van der Waals surface area contributed by atoms with Gasteiger partial charge in [-0.25, -0.2) is 0 Å². The van der Waals surface area contributed by atoms with Crippen molar-refractivity contribution >= 4 is 17.6 Å². The lowest BCUT2D eigenvalue weighted by atomic mass is 10.0. The molecule has 5 heteroatoms. The van der Waals surface area contributed by atoms with Gasteiger partial charge < -0.3 is 14.0 Å². The van der Waals surface area contributed by atoms with Crippen LogP contribution >= 0.6 is 0 Å². The number of aryl methyl sites for hydroxylation is 3. The Morgan fingerprint density at radius 3 is 2.16 bits per heavy atom. The third-order valence-electron chi connectivity index (χ3n) is 2.83. The summed E-state index contributed by atoms with van der Waals surface area (Å²) in [7, 11) is -3.24. The molecule has 19 heavy (non-hydrogen) atoms. The lowest BCUT2D eigenvalue weighted by Gasteiger charge is -2.20. The second-order valence-corrected chi connectivity index (χ2v) is 12.4. The maximum absolute atomic E-state index is 9.89. The molecule has 0 saturated carbocycles. The number of phenolic OH excluding ortho intramolecular Hbond substituents is 1. The van der Waals surface area contributed by atoms with E-state index in [1.807, 2.05) is 26.0 Å². The average molecular weight is 298 g/mol. The highest BCUT2D eigenvalue weighted by Gasteiger charge is 2.21. The van der Waals surface area contributed by atoms with Crippen LogP contribution in [0.2, 0.25) is 25.7 Å². The number of rotatable bonds is 6. The van der Waals surface area contributed by atoms with Crippen LogP contribution in [0, 0.1) is 13.8 Å². The van der Waals surface area contributed by atoms with Gasteiger partial charge in [0.1, 0.15) is 5.75 Å². The van der Waals surface area contributed by atoms with Crippen LogP contribution in [0.5, 0.6) is 5.75 Å². The Balaban J connectivity index is 2.46. The minimum Gasteiger partial charge on any atom is -0.507 e. The fraction of sp³-hybridized carbons (Fsp3) is 0.571. The van der Waals surface area contributed by atoms with Crippen LogP contribution in [-0.4, -0.2) is 27.5 Å². The van der Waals surface area contributed by atoms with E-state index >= 15 is 0 Å². The number of hydrogen-bond donors (Lipinski definition) is 2. The highest BCUT2D eigenvalue weighted by Crippen LogP contribution is 2.24. The largest absolute Gasteiger partial charge is 0.507 e. The van der Waals surface area contributed by atoms with Gasteiger partial charge in [0.25, 0.3) is 0 Å². The SMILES string of the molecule is Cc1cc(CCC[Si](O)O[Si](C)(C)C)cc(C)c1O. The smallest absolute Gasteiger partial charge is 0.370 e. The molecule has 1 aromatic rings. The van der Waals surface area contributed by atoms with Crippen LogP contribution in [0.1, 0.15) is 23.1 Å². The van der Waals surface area contributed by atoms with Gasteiger partial charge in [0.05, 0.1) is 0 Å². The summed E-state index contributed by atoms with van der Waals surface area (Å²) in [5.41, 5.74) is 3.06. The number of benzene rings is 1. The Kier molecular flexibility index (Phi) is 5.79. The number of phenols is 1. The number of hydrogen-bond acceptors (Lipinski definition) is 3. The van der Waals surface area contributed by atoms with Crippen molar-refractivity contribution in [3.63, 3.8) is 0 Å². The van der Waals surface area contributed by atoms with E-state index in [0.717, 1.165) is 30.0 Å². The van der Waals surface area contributed by atoms with Gasteiger partial charge in [0.2, 0.25) is 0 Å². The molecule has 0 fully saturated rings. The molecule has 1 aromatic carbocycles. The average Bonchev–Trinajstić information content (AvgIpc) is 2.23. The first-order valence-electron chi connectivity index (χ1n) is 6.72. The van der Waals surface area contributed by atoms with Gasteiger partial charge in [-0.3, -0.25) is 0 Å². The van der Waals surface area contributed by atoms with Crippen LogP contribution in [0.25, 0.3) is 0 Å². The van der Waals surface area contributed by atoms with Gasteiger partial charge in [-0.1, -0.05) is 12.1 Å². The molecule has 0 spiro atoms. The van der Waals surface area contributed by atoms with Gasteiger partial charge in [0, 0.05) is 0 Å². The fourth-order valence-corrected chi connectivity index (χ4v) is 5.75. The molecule has 3 nitrogen and oxygen atoms in total. The van der Waals surface area contributed by atoms with E-state index < -0.39 is 17.6 Å². The Morgan fingerprint density at radius 1 is 1.16 bits per heavy atom. The maximum atomic E-state index is 9.89. The second kappa shape index (κ2) is 6.70. The molecule has 0 aromatic heterocycles. The summed E-state index contributed by atoms with van der Waals surface area (Å²) in [5, 5.41) is 9.72. The Hall–Kier alpha value is -0.626. The van der Waals surface area contributed by atoms with Crippen molar-refractivity contribution in [2.45, 2.75) is 52.4 Å². The third kappa shape index (κ3) is 5.90. The van der Waals surface area contributed by atoms with E-state index in [1.54, 1.807) is 0 Å². The van der Waals surface area contributed by atoms with Gasteiger partial charge in [0.15, 0.2) is 8.32 Å². The van der Waals surface area contributed by atoms with Crippen LogP contribution in [0.4, 0.5) is 0 Å². The van der Waals surface area contributed by atoms with Crippen molar-refractivity contribution in [1.82, 2.24) is 0 Å². The van der Waals surface area contributed by atoms with E-state index in [-0.39, 0.29) is 0 Å². The molecule has 107 valence electrons. The minimum absolute atomic E-state index is 0.387. The topological polar surface area (TPSA) is 49.7 Å². The molecule has 0 aliphatic carbocycles. The first kappa shape index (κ1) is 16.4. The molecule has 0 aliphatic heterocycles. The molecule has 1 radical (unpaired) electrons. The summed E-state index contributed by atoms with van der Waals surface area (Å²) in [4.78, 5) is 9.89. The summed E-state index contributed by atoms with van der Waals surface area (Å²) >= 11 is 0. The predicted molar refractivity (Wildman–Crippen MR) is 83.1 cm³/mol. The summed E-state index contributed by atoms with van der Waals surface area (Å²) < 4.78 is 5.70. The van der Waals surface area contributed by atoms with Crippen molar-refractivity contribution in [3.05, 3.63) is 28.8 Å². The molecule has 0 saturated heterocycles. The van der Waals surface area contributed by atoms with Gasteiger partial charge >= 0.3 is 9.28 Å². The molecular formula is C14H25O3Si2. The summed E-state index contributed by atoms with van der Waals surface area (Å²) in [6.07, 6.45) is 1.85. The number of aromatic hydroxyl groups is 1. The summed E-state index contributed by atoms with van der Waals surface area (Å²) in [5.74, 6) is 0.387. The Bertz CT molecular complexity index is 404. The molecular weight excluding hydrogens is 272 g/mol. The monoisotopic (exact) mass is 297 g/mol. The zero-order valence-electron chi connectivity index (χ0n) is 12.6. The molecule has 2 N–H and O–H groups in total. The van der Waals surface area contributed by atoms with Crippen molar-refractivity contribution in [2.75, 3.05) is 0 Å². The highest BCUT2D eigenvalue weighted by molar-refractivity contribution is 6.75. The molecule has 1 rings (SSSR count). The zero-order chi connectivity index (χ0) is 14.6. The minimum atomic E-state index is -1.63. The maximum Gasteiger partial charge on any atom is 0.370 e. The van der Waals surface area contributed by atoms with Crippen molar-refractivity contribution in [3.8, 4) is 5.75 Å². The standard InChI is InChI=1S/C14H25O3Si2/c1-11-9-13(10-12(2)14(11)15)7-6-8-18(16)17-19(3,4)5/h9-10,15-16H,6-8H2,1-5H3. The fourth-order valence-electron chi connectivity index (χ4n) is 2.04. The third-order valence-corrected chi connectivity index (χ3v) is 7.00. The Labute approximate surface area is 119 Å². The van der Waals surface area contributed by atoms with Crippen LogP contribution < -0.4 is 0 Å². The first-order chi connectivity index (χ1) is 8.69. The van der Waals surface area contributed by atoms with E-state index in [0.29, 0.717) is 5.75 Å². The normalized spacial score (nSPS) is 12.2. The van der Waals surface area contributed by atoms with Crippen molar-refractivity contribution in [2.24, 2.45) is 0 Å². The molecule has 0 bridgehead atoms. The molecule has 0 unspecified atom stereocenters. The van der Waals surface area contributed by atoms with Gasteiger partial charge in [-0.05, 0) is 69.1 Å². The predicted octanol–water partition coefficient (Wildman–Crippen LogP) is 3.27. The summed E-state index contributed by atoms with van der Waals surface area (Å²) in [6, 6.07) is 4.80. The van der Waals surface area contributed by atoms with Gasteiger partial charge in [-0.2, -0.15) is 0 Å². The molecule has 0 atom stereocenters.